The van der Waals surface area contributed by atoms with Crippen LogP contribution < -0.4 is 5.32 Å². The zero-order valence-corrected chi connectivity index (χ0v) is 9.22. The van der Waals surface area contributed by atoms with Gasteiger partial charge in [-0.2, -0.15) is 5.26 Å². The van der Waals surface area contributed by atoms with E-state index in [1.54, 1.807) is 24.3 Å². The number of anilines is 1. The Bertz CT molecular complexity index is 528. The van der Waals surface area contributed by atoms with Gasteiger partial charge in [0.15, 0.2) is 0 Å². The number of nitrogens with zero attached hydrogens (tertiary/aromatic N) is 1. The molecule has 0 radical (unpaired) electrons. The molecule has 0 atom stereocenters. The highest BCUT2D eigenvalue weighted by atomic mass is 32.1. The van der Waals surface area contributed by atoms with E-state index in [0.717, 1.165) is 4.88 Å². The number of nitriles is 1. The number of para-hydroxylation sites is 1. The lowest BCUT2D eigenvalue weighted by Crippen LogP contribution is -1.99. The standard InChI is InChI=1S/C12H9FN2S/c13-11-3-1-2-4-12(11)15-8-10-6-5-9(7-14)16-10/h1-6,15H,8H2. The number of thiophene rings is 1. The van der Waals surface area contributed by atoms with Gasteiger partial charge in [-0.25, -0.2) is 4.39 Å². The van der Waals surface area contributed by atoms with Crippen LogP contribution in [0.3, 0.4) is 0 Å². The first-order chi connectivity index (χ1) is 7.79. The topological polar surface area (TPSA) is 35.8 Å². The number of rotatable bonds is 3. The summed E-state index contributed by atoms with van der Waals surface area (Å²) in [5, 5.41) is 11.7. The van der Waals surface area contributed by atoms with Crippen molar-refractivity contribution in [2.75, 3.05) is 5.32 Å². The number of halogens is 1. The molecule has 0 spiro atoms. The van der Waals surface area contributed by atoms with Gasteiger partial charge in [-0.05, 0) is 24.3 Å². The van der Waals surface area contributed by atoms with Gasteiger partial charge in [0.2, 0.25) is 0 Å². The van der Waals surface area contributed by atoms with Crippen LogP contribution in [0.15, 0.2) is 36.4 Å². The molecule has 0 aliphatic rings. The number of nitrogens with one attached hydrogen (secondary N) is 1. The smallest absolute Gasteiger partial charge is 0.146 e. The summed E-state index contributed by atoms with van der Waals surface area (Å²) < 4.78 is 13.3. The summed E-state index contributed by atoms with van der Waals surface area (Å²) in [5.41, 5.74) is 0.481. The summed E-state index contributed by atoms with van der Waals surface area (Å²) in [4.78, 5) is 1.69. The van der Waals surface area contributed by atoms with Crippen molar-refractivity contribution in [2.45, 2.75) is 6.54 Å². The summed E-state index contributed by atoms with van der Waals surface area (Å²) >= 11 is 1.41. The van der Waals surface area contributed by atoms with Crippen LogP contribution in [0.5, 0.6) is 0 Å². The number of hydrogen-bond acceptors (Lipinski definition) is 3. The Balaban J connectivity index is 2.03. The van der Waals surface area contributed by atoms with Crippen molar-refractivity contribution in [3.63, 3.8) is 0 Å². The predicted octanol–water partition coefficient (Wildman–Crippen LogP) is 3.37. The van der Waals surface area contributed by atoms with Gasteiger partial charge in [-0.3, -0.25) is 0 Å². The van der Waals surface area contributed by atoms with E-state index < -0.39 is 0 Å². The number of benzene rings is 1. The second kappa shape index (κ2) is 4.77. The first kappa shape index (κ1) is 10.7. The third-order valence-electron chi connectivity index (χ3n) is 2.10. The molecule has 4 heteroatoms. The lowest BCUT2D eigenvalue weighted by atomic mass is 10.3. The van der Waals surface area contributed by atoms with E-state index in [0.29, 0.717) is 17.1 Å². The summed E-state index contributed by atoms with van der Waals surface area (Å²) in [6.07, 6.45) is 0. The van der Waals surface area contributed by atoms with E-state index in [2.05, 4.69) is 11.4 Å². The largest absolute Gasteiger partial charge is 0.378 e. The fourth-order valence-corrected chi connectivity index (χ4v) is 2.06. The van der Waals surface area contributed by atoms with Gasteiger partial charge >= 0.3 is 0 Å². The van der Waals surface area contributed by atoms with Crippen molar-refractivity contribution in [3.8, 4) is 6.07 Å². The van der Waals surface area contributed by atoms with Gasteiger partial charge in [0.25, 0.3) is 0 Å². The molecule has 0 aliphatic carbocycles. The fourth-order valence-electron chi connectivity index (χ4n) is 1.32. The van der Waals surface area contributed by atoms with Crippen molar-refractivity contribution >= 4 is 17.0 Å². The molecule has 0 amide bonds. The highest BCUT2D eigenvalue weighted by molar-refractivity contribution is 7.12. The molecule has 0 bridgehead atoms. The molecule has 2 nitrogen and oxygen atoms in total. The first-order valence-corrected chi connectivity index (χ1v) is 5.58. The van der Waals surface area contributed by atoms with E-state index in [1.807, 2.05) is 6.07 Å². The van der Waals surface area contributed by atoms with Crippen LogP contribution in [0.2, 0.25) is 0 Å². The molecule has 0 saturated heterocycles. The molecule has 16 heavy (non-hydrogen) atoms. The molecule has 2 aromatic rings. The average Bonchev–Trinajstić information content (AvgIpc) is 2.76. The molecule has 0 fully saturated rings. The molecule has 1 heterocycles. The Morgan fingerprint density at radius 1 is 1.25 bits per heavy atom. The molecule has 0 saturated carbocycles. The normalized spacial score (nSPS) is 9.75. The predicted molar refractivity (Wildman–Crippen MR) is 62.8 cm³/mol. The van der Waals surface area contributed by atoms with Crippen LogP contribution in [0.1, 0.15) is 9.75 Å². The molecule has 2 rings (SSSR count). The maximum atomic E-state index is 13.3. The lowest BCUT2D eigenvalue weighted by Gasteiger charge is -2.05. The average molecular weight is 232 g/mol. The van der Waals surface area contributed by atoms with Crippen LogP contribution >= 0.6 is 11.3 Å². The summed E-state index contributed by atoms with van der Waals surface area (Å²) in [7, 11) is 0. The second-order valence-corrected chi connectivity index (χ2v) is 4.38. The van der Waals surface area contributed by atoms with Gasteiger partial charge in [0.1, 0.15) is 16.8 Å². The van der Waals surface area contributed by atoms with Crippen LogP contribution in [0.25, 0.3) is 0 Å². The monoisotopic (exact) mass is 232 g/mol. The van der Waals surface area contributed by atoms with Gasteiger partial charge in [0, 0.05) is 11.4 Å². The minimum absolute atomic E-state index is 0.264. The Kier molecular flexibility index (Phi) is 3.18. The van der Waals surface area contributed by atoms with Crippen LogP contribution in [-0.4, -0.2) is 0 Å². The maximum Gasteiger partial charge on any atom is 0.146 e. The van der Waals surface area contributed by atoms with Crippen molar-refractivity contribution in [2.24, 2.45) is 0 Å². The second-order valence-electron chi connectivity index (χ2n) is 3.21. The molecule has 1 N–H and O–H groups in total. The van der Waals surface area contributed by atoms with Gasteiger partial charge in [0.05, 0.1) is 5.69 Å². The Morgan fingerprint density at radius 3 is 2.75 bits per heavy atom. The quantitative estimate of drug-likeness (QED) is 0.880. The number of hydrogen-bond donors (Lipinski definition) is 1. The molecule has 80 valence electrons. The van der Waals surface area contributed by atoms with E-state index in [1.165, 1.54) is 17.4 Å². The maximum absolute atomic E-state index is 13.3. The molecular weight excluding hydrogens is 223 g/mol. The molecule has 1 aromatic carbocycles. The molecule has 0 unspecified atom stereocenters. The summed E-state index contributed by atoms with van der Waals surface area (Å²) in [6.45, 7) is 0.535. The SMILES string of the molecule is N#Cc1ccc(CNc2ccccc2F)s1. The van der Waals surface area contributed by atoms with Crippen LogP contribution in [0.4, 0.5) is 10.1 Å². The third-order valence-corrected chi connectivity index (χ3v) is 3.09. The van der Waals surface area contributed by atoms with Gasteiger partial charge in [-0.1, -0.05) is 12.1 Å². The first-order valence-electron chi connectivity index (χ1n) is 4.77. The lowest BCUT2D eigenvalue weighted by molar-refractivity contribution is 0.630. The Labute approximate surface area is 97.0 Å². The van der Waals surface area contributed by atoms with E-state index >= 15 is 0 Å². The van der Waals surface area contributed by atoms with Gasteiger partial charge < -0.3 is 5.32 Å². The molecule has 1 aromatic heterocycles. The highest BCUT2D eigenvalue weighted by Crippen LogP contribution is 2.18. The van der Waals surface area contributed by atoms with Crippen LogP contribution in [-0.2, 0) is 6.54 Å². The van der Waals surface area contributed by atoms with Crippen molar-refractivity contribution in [3.05, 3.63) is 52.0 Å². The summed E-state index contributed by atoms with van der Waals surface area (Å²) in [5.74, 6) is -0.264. The Hall–Kier alpha value is -1.86. The van der Waals surface area contributed by atoms with E-state index in [-0.39, 0.29) is 5.82 Å². The van der Waals surface area contributed by atoms with Crippen molar-refractivity contribution < 1.29 is 4.39 Å². The fraction of sp³-hybridized carbons (Fsp3) is 0.0833. The van der Waals surface area contributed by atoms with E-state index in [9.17, 15) is 4.39 Å². The van der Waals surface area contributed by atoms with Gasteiger partial charge in [-0.15, -0.1) is 11.3 Å². The molecular formula is C12H9FN2S. The minimum Gasteiger partial charge on any atom is -0.378 e. The zero-order valence-electron chi connectivity index (χ0n) is 8.40. The Morgan fingerprint density at radius 2 is 2.06 bits per heavy atom. The van der Waals surface area contributed by atoms with Crippen LogP contribution in [0, 0.1) is 17.1 Å². The van der Waals surface area contributed by atoms with E-state index in [4.69, 9.17) is 5.26 Å². The molecule has 0 aliphatic heterocycles. The third kappa shape index (κ3) is 2.38. The highest BCUT2D eigenvalue weighted by Gasteiger charge is 2.02. The van der Waals surface area contributed by atoms with Crippen molar-refractivity contribution in [1.29, 1.82) is 5.26 Å². The zero-order chi connectivity index (χ0) is 11.4. The summed E-state index contributed by atoms with van der Waals surface area (Å²) in [6, 6.07) is 12.2. The van der Waals surface area contributed by atoms with Crippen molar-refractivity contribution in [1.82, 2.24) is 0 Å². The minimum atomic E-state index is -0.264.